The molecule has 1 heterocycles. The van der Waals surface area contributed by atoms with Crippen LogP contribution in [0, 0.1) is 18.3 Å². The summed E-state index contributed by atoms with van der Waals surface area (Å²) in [4.78, 5) is 4.03. The number of hydrogen-bond acceptors (Lipinski definition) is 2. The summed E-state index contributed by atoms with van der Waals surface area (Å²) in [5.41, 5.74) is 5.46. The summed E-state index contributed by atoms with van der Waals surface area (Å²) in [6.07, 6.45) is 6.99. The van der Waals surface area contributed by atoms with E-state index in [9.17, 15) is 0 Å². The summed E-state index contributed by atoms with van der Waals surface area (Å²) >= 11 is 0. The van der Waals surface area contributed by atoms with Crippen LogP contribution in [0.1, 0.15) is 12.8 Å². The van der Waals surface area contributed by atoms with Gasteiger partial charge >= 0.3 is 0 Å². The van der Waals surface area contributed by atoms with Crippen molar-refractivity contribution in [2.75, 3.05) is 6.54 Å². The Hall–Kier alpha value is -0.970. The molecule has 0 saturated carbocycles. The van der Waals surface area contributed by atoms with E-state index in [1.807, 2.05) is 0 Å². The van der Waals surface area contributed by atoms with Crippen molar-refractivity contribution in [1.82, 2.24) is 0 Å². The Morgan fingerprint density at radius 2 is 2.56 bits per heavy atom. The summed E-state index contributed by atoms with van der Waals surface area (Å²) in [5, 5.41) is 0. The minimum Gasteiger partial charge on any atom is -0.387 e. The van der Waals surface area contributed by atoms with E-state index in [0.29, 0.717) is 11.8 Å². The number of rotatable bonds is 0. The summed E-state index contributed by atoms with van der Waals surface area (Å²) in [7, 11) is 0. The second kappa shape index (κ2) is 2.54. The first-order valence-electron chi connectivity index (χ1n) is 3.08. The molecule has 0 aromatic carbocycles. The van der Waals surface area contributed by atoms with Crippen molar-refractivity contribution in [3.05, 3.63) is 0 Å². The first kappa shape index (κ1) is 6.15. The molecule has 0 amide bonds. The van der Waals surface area contributed by atoms with Gasteiger partial charge in [0.25, 0.3) is 0 Å². The number of terminal acetylenes is 1. The van der Waals surface area contributed by atoms with Crippen molar-refractivity contribution in [3.8, 4) is 12.3 Å². The third kappa shape index (κ3) is 1.46. The van der Waals surface area contributed by atoms with Crippen LogP contribution in [0.15, 0.2) is 4.99 Å². The fourth-order valence-electron chi connectivity index (χ4n) is 0.925. The molecular weight excluding hydrogens is 112 g/mol. The van der Waals surface area contributed by atoms with Crippen LogP contribution < -0.4 is 5.73 Å². The molecule has 2 nitrogen and oxygen atoms in total. The highest BCUT2D eigenvalue weighted by Crippen LogP contribution is 2.11. The standard InChI is InChI=1S/C7H10N2/c1-2-6-3-4-9-7(8)5-6/h1,6H,3-5H2,(H2,8,9). The van der Waals surface area contributed by atoms with Crippen LogP contribution in [0.5, 0.6) is 0 Å². The maximum atomic E-state index is 5.46. The predicted octanol–water partition coefficient (Wildman–Crippen LogP) is 0.387. The summed E-state index contributed by atoms with van der Waals surface area (Å²) < 4.78 is 0. The van der Waals surface area contributed by atoms with Gasteiger partial charge in [0.2, 0.25) is 0 Å². The molecule has 48 valence electrons. The molecule has 1 unspecified atom stereocenters. The summed E-state index contributed by atoms with van der Waals surface area (Å²) in [5.74, 6) is 3.72. The van der Waals surface area contributed by atoms with Crippen LogP contribution in [0.3, 0.4) is 0 Å². The van der Waals surface area contributed by atoms with Crippen LogP contribution in [0.25, 0.3) is 0 Å². The SMILES string of the molecule is C#CC1CCN=C(N)C1. The Morgan fingerprint density at radius 1 is 1.78 bits per heavy atom. The molecule has 1 atom stereocenters. The Kier molecular flexibility index (Phi) is 1.74. The zero-order chi connectivity index (χ0) is 6.69. The van der Waals surface area contributed by atoms with Gasteiger partial charge in [0.1, 0.15) is 0 Å². The number of aliphatic imine (C=N–C) groups is 1. The van der Waals surface area contributed by atoms with Gasteiger partial charge in [0.15, 0.2) is 0 Å². The van der Waals surface area contributed by atoms with Gasteiger partial charge in [0.05, 0.1) is 5.84 Å². The molecule has 0 aromatic rings. The normalized spacial score (nSPS) is 26.6. The molecule has 1 aliphatic heterocycles. The Bertz CT molecular complexity index is 164. The van der Waals surface area contributed by atoms with Gasteiger partial charge in [-0.1, -0.05) is 0 Å². The molecule has 0 fully saturated rings. The molecule has 2 heteroatoms. The van der Waals surface area contributed by atoms with E-state index >= 15 is 0 Å². The highest BCUT2D eigenvalue weighted by Gasteiger charge is 2.10. The van der Waals surface area contributed by atoms with E-state index in [2.05, 4.69) is 10.9 Å². The molecule has 2 N–H and O–H groups in total. The largest absolute Gasteiger partial charge is 0.387 e. The first-order chi connectivity index (χ1) is 4.33. The quantitative estimate of drug-likeness (QED) is 0.464. The first-order valence-corrected chi connectivity index (χ1v) is 3.08. The number of hydrogen-bond donors (Lipinski definition) is 1. The minimum absolute atomic E-state index is 0.336. The molecule has 0 aliphatic carbocycles. The second-order valence-corrected chi connectivity index (χ2v) is 2.23. The topological polar surface area (TPSA) is 38.4 Å². The van der Waals surface area contributed by atoms with Gasteiger partial charge in [0, 0.05) is 18.9 Å². The van der Waals surface area contributed by atoms with Gasteiger partial charge in [-0.2, -0.15) is 0 Å². The van der Waals surface area contributed by atoms with Crippen LogP contribution in [0.4, 0.5) is 0 Å². The summed E-state index contributed by atoms with van der Waals surface area (Å²) in [6, 6.07) is 0. The number of nitrogens with two attached hydrogens (primary N) is 1. The van der Waals surface area contributed by atoms with E-state index in [-0.39, 0.29) is 0 Å². The average Bonchev–Trinajstić information content (AvgIpc) is 1.88. The van der Waals surface area contributed by atoms with E-state index in [4.69, 9.17) is 12.2 Å². The van der Waals surface area contributed by atoms with Crippen molar-refractivity contribution in [2.45, 2.75) is 12.8 Å². The zero-order valence-electron chi connectivity index (χ0n) is 5.30. The fraction of sp³-hybridized carbons (Fsp3) is 0.571. The van der Waals surface area contributed by atoms with Gasteiger partial charge in [-0.05, 0) is 6.42 Å². The highest BCUT2D eigenvalue weighted by molar-refractivity contribution is 5.81. The third-order valence-electron chi connectivity index (χ3n) is 1.48. The van der Waals surface area contributed by atoms with E-state index in [1.165, 1.54) is 0 Å². The van der Waals surface area contributed by atoms with Crippen molar-refractivity contribution >= 4 is 5.84 Å². The van der Waals surface area contributed by atoms with Gasteiger partial charge in [-0.15, -0.1) is 12.3 Å². The van der Waals surface area contributed by atoms with Crippen LogP contribution in [-0.4, -0.2) is 12.4 Å². The lowest BCUT2D eigenvalue weighted by atomic mass is 10.00. The monoisotopic (exact) mass is 122 g/mol. The molecule has 1 aliphatic rings. The van der Waals surface area contributed by atoms with Crippen molar-refractivity contribution in [2.24, 2.45) is 16.6 Å². The third-order valence-corrected chi connectivity index (χ3v) is 1.48. The lowest BCUT2D eigenvalue weighted by Gasteiger charge is -2.13. The van der Waals surface area contributed by atoms with E-state index in [1.54, 1.807) is 0 Å². The Labute approximate surface area is 55.2 Å². The molecule has 0 radical (unpaired) electrons. The molecule has 1 rings (SSSR count). The van der Waals surface area contributed by atoms with Crippen LogP contribution in [0.2, 0.25) is 0 Å². The van der Waals surface area contributed by atoms with E-state index < -0.39 is 0 Å². The lowest BCUT2D eigenvalue weighted by Crippen LogP contribution is -2.21. The lowest BCUT2D eigenvalue weighted by molar-refractivity contribution is 0.613. The smallest absolute Gasteiger partial charge is 0.0949 e. The molecule has 0 spiro atoms. The van der Waals surface area contributed by atoms with Gasteiger partial charge in [-0.3, -0.25) is 4.99 Å². The van der Waals surface area contributed by atoms with E-state index in [0.717, 1.165) is 19.4 Å². The predicted molar refractivity (Wildman–Crippen MR) is 38.0 cm³/mol. The molecule has 0 bridgehead atoms. The van der Waals surface area contributed by atoms with Crippen molar-refractivity contribution in [1.29, 1.82) is 0 Å². The highest BCUT2D eigenvalue weighted by atomic mass is 14.9. The van der Waals surface area contributed by atoms with Crippen LogP contribution in [-0.2, 0) is 0 Å². The second-order valence-electron chi connectivity index (χ2n) is 2.23. The Morgan fingerprint density at radius 3 is 3.00 bits per heavy atom. The van der Waals surface area contributed by atoms with Crippen molar-refractivity contribution < 1.29 is 0 Å². The Balaban J connectivity index is 2.51. The van der Waals surface area contributed by atoms with Gasteiger partial charge in [-0.25, -0.2) is 0 Å². The molecular formula is C7H10N2. The minimum atomic E-state index is 0.336. The maximum Gasteiger partial charge on any atom is 0.0949 e. The zero-order valence-corrected chi connectivity index (χ0v) is 5.30. The number of nitrogens with zero attached hydrogens (tertiary/aromatic N) is 1. The molecule has 9 heavy (non-hydrogen) atoms. The fourth-order valence-corrected chi connectivity index (χ4v) is 0.925. The van der Waals surface area contributed by atoms with Crippen molar-refractivity contribution in [3.63, 3.8) is 0 Å². The molecule has 0 aromatic heterocycles. The summed E-state index contributed by atoms with van der Waals surface area (Å²) in [6.45, 7) is 0.806. The number of amidine groups is 1. The average molecular weight is 122 g/mol. The van der Waals surface area contributed by atoms with Gasteiger partial charge < -0.3 is 5.73 Å². The molecule has 0 saturated heterocycles. The maximum absolute atomic E-state index is 5.46. The van der Waals surface area contributed by atoms with Crippen LogP contribution >= 0.6 is 0 Å².